The first-order valence-electron chi connectivity index (χ1n) is 4.66. The van der Waals surface area contributed by atoms with Gasteiger partial charge in [0.15, 0.2) is 0 Å². The van der Waals surface area contributed by atoms with Crippen molar-refractivity contribution in [3.05, 3.63) is 34.7 Å². The number of aromatic nitrogens is 2. The summed E-state index contributed by atoms with van der Waals surface area (Å²) >= 11 is 6.12. The van der Waals surface area contributed by atoms with Gasteiger partial charge in [0, 0.05) is 12.2 Å². The quantitative estimate of drug-likeness (QED) is 0.810. The average molecular weight is 226 g/mol. The van der Waals surface area contributed by atoms with Gasteiger partial charge in [-0.2, -0.15) is 0 Å². The summed E-state index contributed by atoms with van der Waals surface area (Å²) in [6.45, 7) is 2.04. The smallest absolute Gasteiger partial charge is 0.139 e. The molecule has 1 atom stereocenters. The predicted molar refractivity (Wildman–Crippen MR) is 59.0 cm³/mol. The number of rotatable bonds is 2. The Hall–Kier alpha value is -1.10. The summed E-state index contributed by atoms with van der Waals surface area (Å²) < 4.78 is 1.79. The molecule has 2 aromatic rings. The minimum absolute atomic E-state index is 0.114. The highest BCUT2D eigenvalue weighted by Gasteiger charge is 2.17. The van der Waals surface area contributed by atoms with Gasteiger partial charge in [0.25, 0.3) is 0 Å². The van der Waals surface area contributed by atoms with Crippen molar-refractivity contribution in [3.63, 3.8) is 0 Å². The number of nitrogens with two attached hydrogens (primary N) is 1. The maximum absolute atomic E-state index is 9.62. The fourth-order valence-corrected chi connectivity index (χ4v) is 1.94. The van der Waals surface area contributed by atoms with Gasteiger partial charge in [-0.05, 0) is 19.1 Å². The van der Waals surface area contributed by atoms with Gasteiger partial charge in [-0.15, -0.1) is 0 Å². The standard InChI is InChI=1S/C10H12ClN3O/c1-6-3-2-4-8-13-9(7(15)5-12)10(11)14(6)8/h2-4,7,15H,5,12H2,1H3. The average Bonchev–Trinajstić information content (AvgIpc) is 2.56. The Morgan fingerprint density at radius 2 is 2.33 bits per heavy atom. The summed E-state index contributed by atoms with van der Waals surface area (Å²) in [7, 11) is 0. The summed E-state index contributed by atoms with van der Waals surface area (Å²) in [5, 5.41) is 10.0. The molecule has 0 aromatic carbocycles. The molecule has 2 rings (SSSR count). The normalized spacial score (nSPS) is 13.3. The van der Waals surface area contributed by atoms with Crippen LogP contribution in [0.25, 0.3) is 5.65 Å². The van der Waals surface area contributed by atoms with Crippen molar-refractivity contribution in [3.8, 4) is 0 Å². The van der Waals surface area contributed by atoms with Crippen LogP contribution in [0.3, 0.4) is 0 Å². The van der Waals surface area contributed by atoms with Crippen molar-refractivity contribution >= 4 is 17.2 Å². The topological polar surface area (TPSA) is 63.5 Å². The molecule has 0 amide bonds. The monoisotopic (exact) mass is 225 g/mol. The highest BCUT2D eigenvalue weighted by atomic mass is 35.5. The van der Waals surface area contributed by atoms with Crippen LogP contribution in [0.4, 0.5) is 0 Å². The molecule has 4 nitrogen and oxygen atoms in total. The fourth-order valence-electron chi connectivity index (χ4n) is 1.55. The Balaban J connectivity index is 2.70. The third kappa shape index (κ3) is 1.61. The largest absolute Gasteiger partial charge is 0.385 e. The molecule has 1 unspecified atom stereocenters. The molecule has 0 aliphatic rings. The third-order valence-corrected chi connectivity index (χ3v) is 2.71. The summed E-state index contributed by atoms with van der Waals surface area (Å²) in [5.74, 6) is 0. The van der Waals surface area contributed by atoms with Crippen LogP contribution in [0.1, 0.15) is 17.5 Å². The Bertz CT molecular complexity index is 495. The number of hydrogen-bond acceptors (Lipinski definition) is 3. The van der Waals surface area contributed by atoms with E-state index in [0.717, 1.165) is 11.3 Å². The molecule has 80 valence electrons. The van der Waals surface area contributed by atoms with E-state index in [-0.39, 0.29) is 6.54 Å². The zero-order chi connectivity index (χ0) is 11.0. The number of fused-ring (bicyclic) bond motifs is 1. The van der Waals surface area contributed by atoms with E-state index in [1.807, 2.05) is 25.1 Å². The van der Waals surface area contributed by atoms with Gasteiger partial charge in [0.05, 0.1) is 0 Å². The molecule has 0 bridgehead atoms. The molecular weight excluding hydrogens is 214 g/mol. The van der Waals surface area contributed by atoms with Gasteiger partial charge in [0.2, 0.25) is 0 Å². The SMILES string of the molecule is Cc1cccc2nc(C(O)CN)c(Cl)n12. The maximum atomic E-state index is 9.62. The van der Waals surface area contributed by atoms with Gasteiger partial charge >= 0.3 is 0 Å². The van der Waals surface area contributed by atoms with E-state index in [4.69, 9.17) is 17.3 Å². The first-order valence-corrected chi connectivity index (χ1v) is 5.04. The number of aliphatic hydroxyl groups is 1. The van der Waals surface area contributed by atoms with Crippen LogP contribution in [0.2, 0.25) is 5.15 Å². The van der Waals surface area contributed by atoms with Crippen LogP contribution >= 0.6 is 11.6 Å². The Labute approximate surface area is 92.3 Å². The Morgan fingerprint density at radius 3 is 2.93 bits per heavy atom. The molecule has 0 radical (unpaired) electrons. The van der Waals surface area contributed by atoms with Gasteiger partial charge < -0.3 is 10.8 Å². The minimum Gasteiger partial charge on any atom is -0.385 e. The molecule has 0 saturated heterocycles. The molecule has 0 spiro atoms. The van der Waals surface area contributed by atoms with Crippen LogP contribution in [-0.4, -0.2) is 21.0 Å². The van der Waals surface area contributed by atoms with Crippen molar-refractivity contribution in [2.45, 2.75) is 13.0 Å². The van der Waals surface area contributed by atoms with E-state index in [2.05, 4.69) is 4.98 Å². The second-order valence-corrected chi connectivity index (χ2v) is 3.76. The van der Waals surface area contributed by atoms with Crippen LogP contribution < -0.4 is 5.73 Å². The van der Waals surface area contributed by atoms with Crippen molar-refractivity contribution in [1.82, 2.24) is 9.38 Å². The lowest BCUT2D eigenvalue weighted by molar-refractivity contribution is 0.182. The third-order valence-electron chi connectivity index (χ3n) is 2.35. The molecule has 0 aliphatic carbocycles. The first kappa shape index (κ1) is 10.4. The van der Waals surface area contributed by atoms with E-state index >= 15 is 0 Å². The highest BCUT2D eigenvalue weighted by Crippen LogP contribution is 2.24. The van der Waals surface area contributed by atoms with Crippen LogP contribution in [-0.2, 0) is 0 Å². The zero-order valence-electron chi connectivity index (χ0n) is 8.31. The Morgan fingerprint density at radius 1 is 1.60 bits per heavy atom. The molecule has 2 aromatic heterocycles. The number of aliphatic hydroxyl groups excluding tert-OH is 1. The number of pyridine rings is 1. The molecule has 2 heterocycles. The lowest BCUT2D eigenvalue weighted by Crippen LogP contribution is -2.12. The molecule has 0 saturated carbocycles. The summed E-state index contributed by atoms with van der Waals surface area (Å²) in [6.07, 6.45) is -0.809. The summed E-state index contributed by atoms with van der Waals surface area (Å²) in [5.41, 5.74) is 7.51. The van der Waals surface area contributed by atoms with E-state index < -0.39 is 6.10 Å². The molecule has 5 heteroatoms. The van der Waals surface area contributed by atoms with Crippen molar-refractivity contribution in [2.75, 3.05) is 6.54 Å². The summed E-state index contributed by atoms with van der Waals surface area (Å²) in [4.78, 5) is 4.24. The Kier molecular flexibility index (Phi) is 2.65. The van der Waals surface area contributed by atoms with E-state index in [9.17, 15) is 5.11 Å². The lowest BCUT2D eigenvalue weighted by Gasteiger charge is -2.04. The molecule has 3 N–H and O–H groups in total. The lowest BCUT2D eigenvalue weighted by atomic mass is 10.3. The highest BCUT2D eigenvalue weighted by molar-refractivity contribution is 6.30. The molecule has 0 fully saturated rings. The molecule has 15 heavy (non-hydrogen) atoms. The van der Waals surface area contributed by atoms with Crippen LogP contribution in [0.5, 0.6) is 0 Å². The van der Waals surface area contributed by atoms with E-state index in [0.29, 0.717) is 10.8 Å². The van der Waals surface area contributed by atoms with Gasteiger partial charge in [-0.25, -0.2) is 4.98 Å². The first-order chi connectivity index (χ1) is 7.15. The fraction of sp³-hybridized carbons (Fsp3) is 0.300. The second-order valence-electron chi connectivity index (χ2n) is 3.40. The predicted octanol–water partition coefficient (Wildman–Crippen LogP) is 1.29. The molecule has 0 aliphatic heterocycles. The second kappa shape index (κ2) is 3.81. The number of nitrogens with zero attached hydrogens (tertiary/aromatic N) is 2. The van der Waals surface area contributed by atoms with E-state index in [1.165, 1.54) is 0 Å². The van der Waals surface area contributed by atoms with Crippen molar-refractivity contribution in [1.29, 1.82) is 0 Å². The van der Waals surface area contributed by atoms with Gasteiger partial charge in [0.1, 0.15) is 22.6 Å². The number of aryl methyl sites for hydroxylation is 1. The molecular formula is C10H12ClN3O. The number of hydrogen-bond donors (Lipinski definition) is 2. The van der Waals surface area contributed by atoms with Crippen LogP contribution in [0, 0.1) is 6.92 Å². The maximum Gasteiger partial charge on any atom is 0.139 e. The van der Waals surface area contributed by atoms with Crippen LogP contribution in [0.15, 0.2) is 18.2 Å². The number of halogens is 1. The van der Waals surface area contributed by atoms with Gasteiger partial charge in [-0.1, -0.05) is 17.7 Å². The summed E-state index contributed by atoms with van der Waals surface area (Å²) in [6, 6.07) is 5.66. The van der Waals surface area contributed by atoms with Crippen molar-refractivity contribution in [2.24, 2.45) is 5.73 Å². The van der Waals surface area contributed by atoms with Crippen molar-refractivity contribution < 1.29 is 5.11 Å². The number of imidazole rings is 1. The zero-order valence-corrected chi connectivity index (χ0v) is 9.07. The minimum atomic E-state index is -0.809. The van der Waals surface area contributed by atoms with E-state index in [1.54, 1.807) is 4.40 Å². The van der Waals surface area contributed by atoms with Gasteiger partial charge in [-0.3, -0.25) is 4.40 Å².